The smallest absolute Gasteiger partial charge is 0.274 e. The highest BCUT2D eigenvalue weighted by atomic mass is 16.2. The highest BCUT2D eigenvalue weighted by molar-refractivity contribution is 6.11. The van der Waals surface area contributed by atoms with Gasteiger partial charge in [0, 0.05) is 24.1 Å². The van der Waals surface area contributed by atoms with Gasteiger partial charge in [-0.15, -0.1) is 0 Å². The van der Waals surface area contributed by atoms with Crippen LogP contribution in [0, 0.1) is 0 Å². The molecule has 0 fully saturated rings. The number of nitrogens with two attached hydrogens (primary N) is 1. The number of hydrogen-bond donors (Lipinski definition) is 2. The van der Waals surface area contributed by atoms with Crippen molar-refractivity contribution < 1.29 is 9.59 Å². The van der Waals surface area contributed by atoms with Crippen molar-refractivity contribution >= 4 is 33.5 Å². The topological polar surface area (TPSA) is 109 Å². The van der Waals surface area contributed by atoms with Gasteiger partial charge in [-0.2, -0.15) is 0 Å². The Morgan fingerprint density at radius 1 is 1.20 bits per heavy atom. The molecule has 0 radical (unpaired) electrons. The molecule has 3 N–H and O–H groups in total. The van der Waals surface area contributed by atoms with Crippen molar-refractivity contribution in [2.45, 2.75) is 26.7 Å². The van der Waals surface area contributed by atoms with E-state index < -0.39 is 11.8 Å². The highest BCUT2D eigenvalue weighted by Crippen LogP contribution is 2.29. The number of benzene rings is 1. The van der Waals surface area contributed by atoms with Crippen LogP contribution in [0.2, 0.25) is 0 Å². The Balaban J connectivity index is 2.38. The molecule has 0 saturated carbocycles. The average molecular weight is 338 g/mol. The molecule has 0 atom stereocenters. The first-order chi connectivity index (χ1) is 11.8. The van der Waals surface area contributed by atoms with Gasteiger partial charge >= 0.3 is 0 Å². The third-order valence-electron chi connectivity index (χ3n) is 4.10. The van der Waals surface area contributed by atoms with Gasteiger partial charge in [0.15, 0.2) is 0 Å². The number of amides is 2. The van der Waals surface area contributed by atoms with E-state index in [1.807, 2.05) is 13.8 Å². The van der Waals surface area contributed by atoms with Crippen LogP contribution in [0.3, 0.4) is 0 Å². The molecule has 128 valence electrons. The number of H-pyrrole nitrogens is 1. The molecule has 0 saturated heterocycles. The second-order valence-electron chi connectivity index (χ2n) is 6.17. The van der Waals surface area contributed by atoms with Crippen molar-refractivity contribution in [1.29, 1.82) is 0 Å². The molecule has 2 aromatic heterocycles. The van der Waals surface area contributed by atoms with Gasteiger partial charge in [0.05, 0.1) is 16.6 Å². The molecule has 0 bridgehead atoms. The number of aromatic amines is 1. The van der Waals surface area contributed by atoms with E-state index in [0.717, 1.165) is 11.1 Å². The molecular formula is C18H18N4O3. The van der Waals surface area contributed by atoms with Gasteiger partial charge in [0.2, 0.25) is 5.91 Å². The first kappa shape index (κ1) is 16.8. The van der Waals surface area contributed by atoms with Gasteiger partial charge in [0.25, 0.3) is 11.5 Å². The lowest BCUT2D eigenvalue weighted by Crippen LogP contribution is -2.41. The SMILES string of the molecule is CC(=O)N(N)C(=O)c1ccc2c(C(C)C)nc3cc[nH]c(=O)c3c2c1. The third kappa shape index (κ3) is 2.78. The monoisotopic (exact) mass is 338 g/mol. The average Bonchev–Trinajstić information content (AvgIpc) is 2.58. The molecule has 0 aliphatic heterocycles. The maximum Gasteiger partial charge on any atom is 0.274 e. The molecule has 0 unspecified atom stereocenters. The molecule has 0 spiro atoms. The van der Waals surface area contributed by atoms with E-state index in [4.69, 9.17) is 5.84 Å². The Hall–Kier alpha value is -3.06. The molecule has 0 aliphatic carbocycles. The second kappa shape index (κ2) is 6.10. The molecule has 2 heterocycles. The zero-order valence-electron chi connectivity index (χ0n) is 14.2. The van der Waals surface area contributed by atoms with Crippen LogP contribution < -0.4 is 11.4 Å². The van der Waals surface area contributed by atoms with Crippen molar-refractivity contribution in [3.05, 3.63) is 52.1 Å². The zero-order chi connectivity index (χ0) is 18.3. The number of carbonyl (C=O) groups excluding carboxylic acids is 2. The lowest BCUT2D eigenvalue weighted by molar-refractivity contribution is -0.126. The Bertz CT molecular complexity index is 1070. The Kier molecular flexibility index (Phi) is 4.10. The predicted molar refractivity (Wildman–Crippen MR) is 95.0 cm³/mol. The van der Waals surface area contributed by atoms with Gasteiger partial charge in [0.1, 0.15) is 0 Å². The second-order valence-corrected chi connectivity index (χ2v) is 6.17. The number of nitrogens with zero attached hydrogens (tertiary/aromatic N) is 2. The van der Waals surface area contributed by atoms with Crippen LogP contribution >= 0.6 is 0 Å². The first-order valence-electron chi connectivity index (χ1n) is 7.86. The quantitative estimate of drug-likeness (QED) is 0.322. The molecule has 3 aromatic rings. The number of aromatic nitrogens is 2. The Morgan fingerprint density at radius 2 is 1.92 bits per heavy atom. The van der Waals surface area contributed by atoms with Gasteiger partial charge in [-0.25, -0.2) is 10.9 Å². The number of nitrogens with one attached hydrogen (secondary N) is 1. The minimum atomic E-state index is -0.627. The van der Waals surface area contributed by atoms with Crippen LogP contribution in [-0.2, 0) is 4.79 Å². The summed E-state index contributed by atoms with van der Waals surface area (Å²) in [4.78, 5) is 43.3. The van der Waals surface area contributed by atoms with Crippen LogP contribution in [0.15, 0.2) is 35.3 Å². The van der Waals surface area contributed by atoms with Crippen molar-refractivity contribution in [3.8, 4) is 0 Å². The predicted octanol–water partition coefficient (Wildman–Crippen LogP) is 2.06. The number of carbonyl (C=O) groups is 2. The van der Waals surface area contributed by atoms with Gasteiger partial charge in [-0.3, -0.25) is 19.4 Å². The Morgan fingerprint density at radius 3 is 2.56 bits per heavy atom. The van der Waals surface area contributed by atoms with E-state index in [9.17, 15) is 14.4 Å². The summed E-state index contributed by atoms with van der Waals surface area (Å²) in [6, 6.07) is 6.64. The van der Waals surface area contributed by atoms with Gasteiger partial charge in [-0.1, -0.05) is 19.9 Å². The number of imide groups is 1. The summed E-state index contributed by atoms with van der Waals surface area (Å²) in [6.45, 7) is 5.23. The molecule has 3 rings (SSSR count). The minimum Gasteiger partial charge on any atom is -0.328 e. The van der Waals surface area contributed by atoms with Crippen molar-refractivity contribution in [3.63, 3.8) is 0 Å². The Labute approximate surface area is 143 Å². The number of hydrazine groups is 1. The summed E-state index contributed by atoms with van der Waals surface area (Å²) in [5.74, 6) is 4.45. The standard InChI is InChI=1S/C18H18N4O3/c1-9(2)16-12-5-4-11(18(25)22(19)10(3)23)8-13(12)15-14(21-16)6-7-20-17(15)24/h4-9H,19H2,1-3H3,(H,20,24). The lowest BCUT2D eigenvalue weighted by Gasteiger charge is -2.15. The van der Waals surface area contributed by atoms with E-state index >= 15 is 0 Å². The van der Waals surface area contributed by atoms with Crippen LogP contribution in [0.4, 0.5) is 0 Å². The maximum atomic E-state index is 12.3. The fraction of sp³-hybridized carbons (Fsp3) is 0.222. The minimum absolute atomic E-state index is 0.135. The first-order valence-corrected chi connectivity index (χ1v) is 7.86. The van der Waals surface area contributed by atoms with Crippen molar-refractivity contribution in [2.24, 2.45) is 5.84 Å². The summed E-state index contributed by atoms with van der Waals surface area (Å²) in [5.41, 5.74) is 1.34. The lowest BCUT2D eigenvalue weighted by atomic mass is 9.97. The largest absolute Gasteiger partial charge is 0.328 e. The van der Waals surface area contributed by atoms with Crippen molar-refractivity contribution in [2.75, 3.05) is 0 Å². The van der Waals surface area contributed by atoms with Crippen molar-refractivity contribution in [1.82, 2.24) is 15.0 Å². The van der Waals surface area contributed by atoms with Crippen LogP contribution in [-0.4, -0.2) is 26.8 Å². The van der Waals surface area contributed by atoms with E-state index in [-0.39, 0.29) is 17.0 Å². The van der Waals surface area contributed by atoms with E-state index in [1.165, 1.54) is 6.92 Å². The fourth-order valence-corrected chi connectivity index (χ4v) is 2.84. The van der Waals surface area contributed by atoms with E-state index in [2.05, 4.69) is 9.97 Å². The molecule has 0 aliphatic rings. The summed E-state index contributed by atoms with van der Waals surface area (Å²) in [7, 11) is 0. The summed E-state index contributed by atoms with van der Waals surface area (Å²) in [5, 5.41) is 2.36. The van der Waals surface area contributed by atoms with Gasteiger partial charge < -0.3 is 4.98 Å². The van der Waals surface area contributed by atoms with Crippen LogP contribution in [0.25, 0.3) is 21.7 Å². The van der Waals surface area contributed by atoms with Crippen LogP contribution in [0.1, 0.15) is 42.7 Å². The number of pyridine rings is 2. The third-order valence-corrected chi connectivity index (χ3v) is 4.10. The molecule has 25 heavy (non-hydrogen) atoms. The molecular weight excluding hydrogens is 320 g/mol. The highest BCUT2D eigenvalue weighted by Gasteiger charge is 2.19. The normalized spacial score (nSPS) is 11.2. The fourth-order valence-electron chi connectivity index (χ4n) is 2.84. The van der Waals surface area contributed by atoms with E-state index in [1.54, 1.807) is 30.5 Å². The molecule has 7 heteroatoms. The zero-order valence-corrected chi connectivity index (χ0v) is 14.2. The molecule has 1 aromatic carbocycles. The molecule has 7 nitrogen and oxygen atoms in total. The number of hydrogen-bond acceptors (Lipinski definition) is 5. The summed E-state index contributed by atoms with van der Waals surface area (Å²) >= 11 is 0. The number of fused-ring (bicyclic) bond motifs is 3. The van der Waals surface area contributed by atoms with Gasteiger partial charge in [-0.05, 0) is 29.5 Å². The van der Waals surface area contributed by atoms with Crippen LogP contribution in [0.5, 0.6) is 0 Å². The number of rotatable bonds is 2. The maximum absolute atomic E-state index is 12.3. The molecule has 2 amide bonds. The van der Waals surface area contributed by atoms with E-state index in [0.29, 0.717) is 21.3 Å². The summed E-state index contributed by atoms with van der Waals surface area (Å²) in [6.07, 6.45) is 1.54. The summed E-state index contributed by atoms with van der Waals surface area (Å²) < 4.78 is 0.